The standard InChI is InChI=1S/C16H13Cl2NO3/c17-10-13(20)9-16(21)19-12-3-7-15(8-4-12)22-14-5-1-11(18)2-6-14/h1-8H,9-10H2,(H,19,21). The third kappa shape index (κ3) is 5.06. The van der Waals surface area contributed by atoms with Gasteiger partial charge in [-0.3, -0.25) is 9.59 Å². The molecule has 0 fully saturated rings. The lowest BCUT2D eigenvalue weighted by Gasteiger charge is -2.08. The molecule has 1 amide bonds. The summed E-state index contributed by atoms with van der Waals surface area (Å²) in [6, 6.07) is 13.8. The predicted molar refractivity (Wildman–Crippen MR) is 86.9 cm³/mol. The monoisotopic (exact) mass is 337 g/mol. The van der Waals surface area contributed by atoms with Crippen LogP contribution < -0.4 is 10.1 Å². The van der Waals surface area contributed by atoms with Gasteiger partial charge in [-0.05, 0) is 48.5 Å². The number of carbonyl (C=O) groups excluding carboxylic acids is 2. The van der Waals surface area contributed by atoms with Crippen molar-refractivity contribution < 1.29 is 14.3 Å². The molecule has 0 aliphatic carbocycles. The highest BCUT2D eigenvalue weighted by molar-refractivity contribution is 6.30. The van der Waals surface area contributed by atoms with Crippen LogP contribution in [0, 0.1) is 0 Å². The van der Waals surface area contributed by atoms with E-state index in [2.05, 4.69) is 5.32 Å². The number of nitrogens with one attached hydrogen (secondary N) is 1. The van der Waals surface area contributed by atoms with Gasteiger partial charge in [-0.2, -0.15) is 0 Å². The van der Waals surface area contributed by atoms with Gasteiger partial charge in [-0.15, -0.1) is 11.6 Å². The van der Waals surface area contributed by atoms with E-state index in [0.717, 1.165) is 0 Å². The fourth-order valence-corrected chi connectivity index (χ4v) is 1.90. The molecule has 1 N–H and O–H groups in total. The molecule has 0 spiro atoms. The summed E-state index contributed by atoms with van der Waals surface area (Å²) in [7, 11) is 0. The Hall–Kier alpha value is -2.04. The Labute approximate surface area is 138 Å². The van der Waals surface area contributed by atoms with Crippen LogP contribution in [0.2, 0.25) is 5.02 Å². The molecule has 0 unspecified atom stereocenters. The Morgan fingerprint density at radius 2 is 1.50 bits per heavy atom. The summed E-state index contributed by atoms with van der Waals surface area (Å²) in [5, 5.41) is 3.25. The number of Topliss-reactive ketones (excluding diaryl/α,β-unsaturated/α-hetero) is 1. The van der Waals surface area contributed by atoms with Crippen molar-refractivity contribution in [3.63, 3.8) is 0 Å². The molecular weight excluding hydrogens is 325 g/mol. The topological polar surface area (TPSA) is 55.4 Å². The van der Waals surface area contributed by atoms with Crippen molar-refractivity contribution in [1.29, 1.82) is 0 Å². The predicted octanol–water partition coefficient (Wildman–Crippen LogP) is 4.27. The van der Waals surface area contributed by atoms with Crippen LogP contribution in [0.3, 0.4) is 0 Å². The number of alkyl halides is 1. The Kier molecular flexibility index (Phi) is 5.81. The summed E-state index contributed by atoms with van der Waals surface area (Å²) >= 11 is 11.2. The van der Waals surface area contributed by atoms with Crippen LogP contribution >= 0.6 is 23.2 Å². The molecule has 0 saturated heterocycles. The van der Waals surface area contributed by atoms with E-state index in [-0.39, 0.29) is 18.1 Å². The molecule has 2 aromatic rings. The number of anilines is 1. The molecule has 2 rings (SSSR count). The van der Waals surface area contributed by atoms with Gasteiger partial charge in [0.15, 0.2) is 5.78 Å². The molecule has 0 bridgehead atoms. The molecule has 0 atom stereocenters. The van der Waals surface area contributed by atoms with Crippen molar-refractivity contribution in [1.82, 2.24) is 0 Å². The molecule has 0 heterocycles. The van der Waals surface area contributed by atoms with Gasteiger partial charge in [0.1, 0.15) is 11.5 Å². The van der Waals surface area contributed by atoms with Gasteiger partial charge >= 0.3 is 0 Å². The van der Waals surface area contributed by atoms with Crippen molar-refractivity contribution in [3.05, 3.63) is 53.6 Å². The number of ketones is 1. The second-order valence-corrected chi connectivity index (χ2v) is 5.18. The first-order chi connectivity index (χ1) is 10.6. The summed E-state index contributed by atoms with van der Waals surface area (Å²) < 4.78 is 5.63. The zero-order valence-corrected chi connectivity index (χ0v) is 13.0. The van der Waals surface area contributed by atoms with E-state index in [1.165, 1.54) is 0 Å². The first-order valence-corrected chi connectivity index (χ1v) is 7.39. The lowest BCUT2D eigenvalue weighted by atomic mass is 10.2. The highest BCUT2D eigenvalue weighted by Gasteiger charge is 2.08. The van der Waals surface area contributed by atoms with Crippen molar-refractivity contribution >= 4 is 40.6 Å². The summed E-state index contributed by atoms with van der Waals surface area (Å²) in [6.45, 7) is 0. The number of amides is 1. The highest BCUT2D eigenvalue weighted by atomic mass is 35.5. The molecule has 6 heteroatoms. The number of hydrogen-bond donors (Lipinski definition) is 1. The number of hydrogen-bond acceptors (Lipinski definition) is 3. The van der Waals surface area contributed by atoms with Gasteiger partial charge in [0, 0.05) is 10.7 Å². The Morgan fingerprint density at radius 3 is 2.05 bits per heavy atom. The molecule has 22 heavy (non-hydrogen) atoms. The Balaban J connectivity index is 1.94. The van der Waals surface area contributed by atoms with Crippen LogP contribution in [-0.2, 0) is 9.59 Å². The quantitative estimate of drug-likeness (QED) is 0.632. The molecule has 0 saturated carbocycles. The van der Waals surface area contributed by atoms with Crippen molar-refractivity contribution in [3.8, 4) is 11.5 Å². The number of carbonyl (C=O) groups is 2. The summed E-state index contributed by atoms with van der Waals surface area (Å²) in [5.74, 6) is 0.409. The molecule has 2 aromatic carbocycles. The van der Waals surface area contributed by atoms with Gasteiger partial charge in [-0.25, -0.2) is 0 Å². The number of rotatable bonds is 6. The molecular formula is C16H13Cl2NO3. The molecule has 0 aliphatic rings. The zero-order chi connectivity index (χ0) is 15.9. The lowest BCUT2D eigenvalue weighted by Crippen LogP contribution is -2.16. The van der Waals surface area contributed by atoms with Crippen LogP contribution in [0.4, 0.5) is 5.69 Å². The molecule has 0 aromatic heterocycles. The number of benzene rings is 2. The summed E-state index contributed by atoms with van der Waals surface area (Å²) in [6.07, 6.45) is -0.230. The molecule has 0 radical (unpaired) electrons. The Morgan fingerprint density at radius 1 is 0.955 bits per heavy atom. The summed E-state index contributed by atoms with van der Waals surface area (Å²) in [5.41, 5.74) is 0.579. The van der Waals surface area contributed by atoms with Gasteiger partial charge in [0.2, 0.25) is 5.91 Å². The van der Waals surface area contributed by atoms with Crippen molar-refractivity contribution in [2.24, 2.45) is 0 Å². The fraction of sp³-hybridized carbons (Fsp3) is 0.125. The molecule has 114 valence electrons. The minimum atomic E-state index is -0.392. The SMILES string of the molecule is O=C(CCl)CC(=O)Nc1ccc(Oc2ccc(Cl)cc2)cc1. The van der Waals surface area contributed by atoms with Gasteiger partial charge in [0.05, 0.1) is 12.3 Å². The van der Waals surface area contributed by atoms with E-state index in [0.29, 0.717) is 22.2 Å². The van der Waals surface area contributed by atoms with Crippen LogP contribution in [0.5, 0.6) is 11.5 Å². The second-order valence-electron chi connectivity index (χ2n) is 4.48. The summed E-state index contributed by atoms with van der Waals surface area (Å²) in [4.78, 5) is 22.6. The van der Waals surface area contributed by atoms with Crippen LogP contribution in [0.15, 0.2) is 48.5 Å². The molecule has 0 aliphatic heterocycles. The van der Waals surface area contributed by atoms with E-state index in [1.54, 1.807) is 48.5 Å². The molecule has 4 nitrogen and oxygen atoms in total. The van der Waals surface area contributed by atoms with Crippen molar-refractivity contribution in [2.45, 2.75) is 6.42 Å². The minimum absolute atomic E-state index is 0.165. The third-order valence-corrected chi connectivity index (χ3v) is 3.24. The van der Waals surface area contributed by atoms with Crippen LogP contribution in [0.1, 0.15) is 6.42 Å². The minimum Gasteiger partial charge on any atom is -0.457 e. The van der Waals surface area contributed by atoms with Gasteiger partial charge in [0.25, 0.3) is 0 Å². The second kappa shape index (κ2) is 7.82. The average Bonchev–Trinajstić information content (AvgIpc) is 2.51. The average molecular weight is 338 g/mol. The maximum Gasteiger partial charge on any atom is 0.231 e. The number of ether oxygens (including phenoxy) is 1. The van der Waals surface area contributed by atoms with Crippen LogP contribution in [-0.4, -0.2) is 17.6 Å². The van der Waals surface area contributed by atoms with E-state index < -0.39 is 5.91 Å². The first-order valence-electron chi connectivity index (χ1n) is 6.48. The highest BCUT2D eigenvalue weighted by Crippen LogP contribution is 2.24. The van der Waals surface area contributed by atoms with Gasteiger partial charge in [-0.1, -0.05) is 11.6 Å². The fourth-order valence-electron chi connectivity index (χ4n) is 1.68. The maximum atomic E-state index is 11.6. The third-order valence-electron chi connectivity index (χ3n) is 2.69. The zero-order valence-electron chi connectivity index (χ0n) is 11.5. The lowest BCUT2D eigenvalue weighted by molar-refractivity contribution is -0.124. The van der Waals surface area contributed by atoms with E-state index in [4.69, 9.17) is 27.9 Å². The van der Waals surface area contributed by atoms with E-state index >= 15 is 0 Å². The van der Waals surface area contributed by atoms with Gasteiger partial charge < -0.3 is 10.1 Å². The smallest absolute Gasteiger partial charge is 0.231 e. The maximum absolute atomic E-state index is 11.6. The van der Waals surface area contributed by atoms with Crippen molar-refractivity contribution in [2.75, 3.05) is 11.2 Å². The largest absolute Gasteiger partial charge is 0.457 e. The van der Waals surface area contributed by atoms with E-state index in [9.17, 15) is 9.59 Å². The Bertz CT molecular complexity index is 654. The normalized spacial score (nSPS) is 10.1. The van der Waals surface area contributed by atoms with Crippen LogP contribution in [0.25, 0.3) is 0 Å². The number of halogens is 2. The van der Waals surface area contributed by atoms with E-state index in [1.807, 2.05) is 0 Å². The first kappa shape index (κ1) is 16.3.